The first kappa shape index (κ1) is 21.3. The summed E-state index contributed by atoms with van der Waals surface area (Å²) in [5.41, 5.74) is -2.44. The minimum Gasteiger partial charge on any atom is -0.448 e. The Hall–Kier alpha value is -3.40. The number of halogens is 4. The molecule has 1 unspecified atom stereocenters. The van der Waals surface area contributed by atoms with Gasteiger partial charge in [0.2, 0.25) is 0 Å². The number of amides is 1. The Morgan fingerprint density at radius 3 is 2.50 bits per heavy atom. The maximum absolute atomic E-state index is 13.2. The number of carbonyl (C=O) groups is 2. The van der Waals surface area contributed by atoms with Gasteiger partial charge in [0.15, 0.2) is 11.8 Å². The molecule has 1 heterocycles. The minimum atomic E-state index is -4.76. The zero-order chi connectivity index (χ0) is 22.1. The van der Waals surface area contributed by atoms with Crippen LogP contribution in [-0.4, -0.2) is 28.2 Å². The Morgan fingerprint density at radius 1 is 1.17 bits per heavy atom. The normalized spacial score (nSPS) is 12.4. The first-order valence-electron chi connectivity index (χ1n) is 8.44. The van der Waals surface area contributed by atoms with E-state index in [0.29, 0.717) is 6.07 Å². The molecule has 3 rings (SSSR count). The topological polar surface area (TPSA) is 101 Å². The summed E-state index contributed by atoms with van der Waals surface area (Å²) in [6.45, 7) is 1.18. The SMILES string of the molecule is CC(OC(=O)c1n[nH]c(=O)c2ccccc12)C(=O)Nc1ccc(Cl)cc1C(F)(F)F. The van der Waals surface area contributed by atoms with Gasteiger partial charge >= 0.3 is 12.1 Å². The summed E-state index contributed by atoms with van der Waals surface area (Å²) in [4.78, 5) is 36.5. The van der Waals surface area contributed by atoms with E-state index in [1.165, 1.54) is 25.1 Å². The number of nitrogens with zero attached hydrogens (tertiary/aromatic N) is 1. The van der Waals surface area contributed by atoms with E-state index in [1.54, 1.807) is 12.1 Å². The van der Waals surface area contributed by atoms with Crippen LogP contribution in [0.1, 0.15) is 23.0 Å². The zero-order valence-corrected chi connectivity index (χ0v) is 16.0. The molecule has 0 spiro atoms. The smallest absolute Gasteiger partial charge is 0.418 e. The molecule has 11 heteroatoms. The van der Waals surface area contributed by atoms with Crippen LogP contribution in [0, 0.1) is 0 Å². The number of nitrogens with one attached hydrogen (secondary N) is 2. The van der Waals surface area contributed by atoms with Crippen LogP contribution in [0.15, 0.2) is 47.3 Å². The highest BCUT2D eigenvalue weighted by atomic mass is 35.5. The lowest BCUT2D eigenvalue weighted by molar-refractivity contribution is -0.137. The summed E-state index contributed by atoms with van der Waals surface area (Å²) >= 11 is 5.60. The van der Waals surface area contributed by atoms with Crippen molar-refractivity contribution in [2.75, 3.05) is 5.32 Å². The van der Waals surface area contributed by atoms with Gasteiger partial charge in [-0.3, -0.25) is 9.59 Å². The number of fused-ring (bicyclic) bond motifs is 1. The average molecular weight is 440 g/mol. The summed E-state index contributed by atoms with van der Waals surface area (Å²) in [5.74, 6) is -2.03. The molecule has 0 aliphatic heterocycles. The summed E-state index contributed by atoms with van der Waals surface area (Å²) in [7, 11) is 0. The Bertz CT molecular complexity index is 1190. The lowest BCUT2D eigenvalue weighted by Gasteiger charge is -2.17. The third-order valence-corrected chi connectivity index (χ3v) is 4.32. The van der Waals surface area contributed by atoms with E-state index < -0.39 is 41.0 Å². The number of H-pyrrole nitrogens is 1. The standard InChI is InChI=1S/C19H13ClF3N3O4/c1-9(16(27)24-14-7-6-10(20)8-13(14)19(21,22)23)30-18(29)15-11-4-2-3-5-12(11)17(28)26-25-15/h2-9H,1H3,(H,24,27)(H,26,28). The lowest BCUT2D eigenvalue weighted by Crippen LogP contribution is -2.31. The van der Waals surface area contributed by atoms with Crippen LogP contribution in [0.5, 0.6) is 0 Å². The second-order valence-corrected chi connectivity index (χ2v) is 6.61. The van der Waals surface area contributed by atoms with Gasteiger partial charge in [0.05, 0.1) is 16.6 Å². The molecule has 0 aliphatic rings. The summed E-state index contributed by atoms with van der Waals surface area (Å²) < 4.78 is 44.5. The predicted molar refractivity (Wildman–Crippen MR) is 102 cm³/mol. The van der Waals surface area contributed by atoms with Crippen molar-refractivity contribution >= 4 is 39.9 Å². The van der Waals surface area contributed by atoms with E-state index in [9.17, 15) is 27.6 Å². The van der Waals surface area contributed by atoms with Crippen molar-refractivity contribution in [2.45, 2.75) is 19.2 Å². The number of alkyl halides is 3. The van der Waals surface area contributed by atoms with Gasteiger partial charge in [0.1, 0.15) is 0 Å². The second-order valence-electron chi connectivity index (χ2n) is 6.17. The van der Waals surface area contributed by atoms with Crippen LogP contribution in [-0.2, 0) is 15.7 Å². The lowest BCUT2D eigenvalue weighted by atomic mass is 10.1. The first-order valence-corrected chi connectivity index (χ1v) is 8.81. The number of hydrogen-bond donors (Lipinski definition) is 2. The molecule has 30 heavy (non-hydrogen) atoms. The second kappa shape index (κ2) is 8.15. The van der Waals surface area contributed by atoms with E-state index in [1.807, 2.05) is 0 Å². The summed E-state index contributed by atoms with van der Waals surface area (Å²) in [6, 6.07) is 8.96. The molecule has 1 atom stereocenters. The van der Waals surface area contributed by atoms with E-state index in [4.69, 9.17) is 16.3 Å². The Balaban J connectivity index is 1.80. The van der Waals surface area contributed by atoms with Gasteiger partial charge < -0.3 is 10.1 Å². The number of hydrogen-bond acceptors (Lipinski definition) is 5. The maximum Gasteiger partial charge on any atom is 0.418 e. The highest BCUT2D eigenvalue weighted by molar-refractivity contribution is 6.30. The number of esters is 1. The molecule has 0 radical (unpaired) electrons. The molecule has 3 aromatic rings. The number of ether oxygens (including phenoxy) is 1. The molecule has 1 aromatic heterocycles. The average Bonchev–Trinajstić information content (AvgIpc) is 2.68. The number of aromatic amines is 1. The van der Waals surface area contributed by atoms with Gasteiger partial charge in [-0.1, -0.05) is 29.8 Å². The van der Waals surface area contributed by atoms with Crippen LogP contribution in [0.3, 0.4) is 0 Å². The fourth-order valence-electron chi connectivity index (χ4n) is 2.63. The fraction of sp³-hybridized carbons (Fsp3) is 0.158. The molecule has 2 N–H and O–H groups in total. The van der Waals surface area contributed by atoms with Crippen molar-refractivity contribution in [3.63, 3.8) is 0 Å². The molecule has 0 aliphatic carbocycles. The van der Waals surface area contributed by atoms with Gasteiger partial charge in [-0.05, 0) is 31.2 Å². The van der Waals surface area contributed by atoms with Crippen molar-refractivity contribution in [1.29, 1.82) is 0 Å². The molecule has 7 nitrogen and oxygen atoms in total. The molecule has 1 amide bonds. The van der Waals surface area contributed by atoms with Crippen molar-refractivity contribution in [1.82, 2.24) is 10.2 Å². The van der Waals surface area contributed by atoms with E-state index in [2.05, 4.69) is 15.5 Å². The third-order valence-electron chi connectivity index (χ3n) is 4.09. The molecule has 0 bridgehead atoms. The molecular formula is C19H13ClF3N3O4. The number of anilines is 1. The highest BCUT2D eigenvalue weighted by Gasteiger charge is 2.35. The van der Waals surface area contributed by atoms with Crippen molar-refractivity contribution in [3.8, 4) is 0 Å². The molecule has 0 saturated heterocycles. The van der Waals surface area contributed by atoms with Crippen LogP contribution >= 0.6 is 11.6 Å². The Labute approximate surface area is 171 Å². The summed E-state index contributed by atoms with van der Waals surface area (Å²) in [5, 5.41) is 8.11. The van der Waals surface area contributed by atoms with Gasteiger partial charge in [0, 0.05) is 10.4 Å². The quantitative estimate of drug-likeness (QED) is 0.602. The highest BCUT2D eigenvalue weighted by Crippen LogP contribution is 2.36. The Kier molecular flexibility index (Phi) is 5.79. The summed E-state index contributed by atoms with van der Waals surface area (Å²) in [6.07, 6.45) is -6.21. The van der Waals surface area contributed by atoms with E-state index >= 15 is 0 Å². The monoisotopic (exact) mass is 439 g/mol. The zero-order valence-electron chi connectivity index (χ0n) is 15.2. The number of carbonyl (C=O) groups excluding carboxylic acids is 2. The van der Waals surface area contributed by atoms with E-state index in [0.717, 1.165) is 6.07 Å². The van der Waals surface area contributed by atoms with Crippen molar-refractivity contribution in [2.24, 2.45) is 0 Å². The fourth-order valence-corrected chi connectivity index (χ4v) is 2.81. The van der Waals surface area contributed by atoms with Crippen LogP contribution in [0.2, 0.25) is 5.02 Å². The number of benzene rings is 2. The van der Waals surface area contributed by atoms with Gasteiger partial charge in [-0.25, -0.2) is 9.89 Å². The molecule has 0 saturated carbocycles. The maximum atomic E-state index is 13.2. The Morgan fingerprint density at radius 2 is 1.83 bits per heavy atom. The van der Waals surface area contributed by atoms with Crippen LogP contribution < -0.4 is 10.9 Å². The predicted octanol–water partition coefficient (Wildman–Crippen LogP) is 3.78. The van der Waals surface area contributed by atoms with Gasteiger partial charge in [-0.2, -0.15) is 18.3 Å². The number of rotatable bonds is 4. The van der Waals surface area contributed by atoms with Gasteiger partial charge in [-0.15, -0.1) is 0 Å². The molecule has 0 fully saturated rings. The molecule has 2 aromatic carbocycles. The number of aromatic nitrogens is 2. The molecular weight excluding hydrogens is 427 g/mol. The minimum absolute atomic E-state index is 0.157. The first-order chi connectivity index (χ1) is 14.1. The van der Waals surface area contributed by atoms with Gasteiger partial charge in [0.25, 0.3) is 11.5 Å². The van der Waals surface area contributed by atoms with Crippen LogP contribution in [0.4, 0.5) is 18.9 Å². The van der Waals surface area contributed by atoms with Crippen molar-refractivity contribution < 1.29 is 27.5 Å². The molecule has 156 valence electrons. The van der Waals surface area contributed by atoms with Crippen molar-refractivity contribution in [3.05, 3.63) is 69.1 Å². The van der Waals surface area contributed by atoms with E-state index in [-0.39, 0.29) is 21.5 Å². The largest absolute Gasteiger partial charge is 0.448 e. The van der Waals surface area contributed by atoms with Crippen LogP contribution in [0.25, 0.3) is 10.8 Å². The third kappa shape index (κ3) is 4.43.